The molecule has 27 heavy (non-hydrogen) atoms. The zero-order valence-electron chi connectivity index (χ0n) is 15.0. The minimum absolute atomic E-state index is 0.0889. The van der Waals surface area contributed by atoms with Crippen molar-refractivity contribution < 1.29 is 9.59 Å². The molecule has 4 rings (SSSR count). The lowest BCUT2D eigenvalue weighted by Gasteiger charge is -2.28. The maximum Gasteiger partial charge on any atom is 0.252 e. The van der Waals surface area contributed by atoms with Crippen molar-refractivity contribution in [3.8, 4) is 5.69 Å². The van der Waals surface area contributed by atoms with Gasteiger partial charge in [-0.25, -0.2) is 4.68 Å². The van der Waals surface area contributed by atoms with Crippen molar-refractivity contribution in [3.63, 3.8) is 0 Å². The number of rotatable bonds is 4. The van der Waals surface area contributed by atoms with Crippen molar-refractivity contribution >= 4 is 11.8 Å². The van der Waals surface area contributed by atoms with Gasteiger partial charge in [0.2, 0.25) is 5.91 Å². The number of fused-ring (bicyclic) bond motifs is 1. The number of carbonyl (C=O) groups is 2. The van der Waals surface area contributed by atoms with E-state index in [1.165, 1.54) is 0 Å². The van der Waals surface area contributed by atoms with E-state index in [2.05, 4.69) is 10.4 Å². The van der Waals surface area contributed by atoms with Crippen LogP contribution in [0.25, 0.3) is 5.69 Å². The Bertz CT molecular complexity index is 964. The molecule has 136 valence electrons. The molecule has 0 spiro atoms. The van der Waals surface area contributed by atoms with E-state index in [1.807, 2.05) is 54.7 Å². The van der Waals surface area contributed by atoms with Crippen LogP contribution in [0.3, 0.4) is 0 Å². The third-order valence-corrected chi connectivity index (χ3v) is 4.79. The van der Waals surface area contributed by atoms with Crippen LogP contribution in [-0.4, -0.2) is 39.6 Å². The van der Waals surface area contributed by atoms with Crippen molar-refractivity contribution in [2.45, 2.75) is 19.0 Å². The first-order valence-corrected chi connectivity index (χ1v) is 8.84. The van der Waals surface area contributed by atoms with Crippen molar-refractivity contribution in [2.75, 3.05) is 7.05 Å². The Kier molecular flexibility index (Phi) is 4.46. The standard InChI is InChI=1S/C21H20N4O2/c1-24(14-15-7-9-17(10-8-15)25-12-4-11-22-25)21(27)19-13-16-5-2-3-6-18(16)20(26)23-19/h2-12,19H,13-14H2,1H3,(H,23,26)/t19-/m0/s1. The average Bonchev–Trinajstić information content (AvgIpc) is 3.23. The second-order valence-electron chi connectivity index (χ2n) is 6.70. The smallest absolute Gasteiger partial charge is 0.252 e. The molecule has 1 atom stereocenters. The fourth-order valence-electron chi connectivity index (χ4n) is 3.37. The molecule has 2 aromatic carbocycles. The molecule has 2 heterocycles. The molecule has 6 nitrogen and oxygen atoms in total. The van der Waals surface area contributed by atoms with Crippen LogP contribution in [0.1, 0.15) is 21.5 Å². The number of hydrogen-bond donors (Lipinski definition) is 1. The number of nitrogens with one attached hydrogen (secondary N) is 1. The van der Waals surface area contributed by atoms with Crippen molar-refractivity contribution in [3.05, 3.63) is 83.7 Å². The Morgan fingerprint density at radius 2 is 1.96 bits per heavy atom. The predicted molar refractivity (Wildman–Crippen MR) is 101 cm³/mol. The molecule has 0 aliphatic carbocycles. The zero-order chi connectivity index (χ0) is 18.8. The largest absolute Gasteiger partial charge is 0.340 e. The topological polar surface area (TPSA) is 67.2 Å². The first kappa shape index (κ1) is 17.0. The molecule has 0 saturated heterocycles. The van der Waals surface area contributed by atoms with Gasteiger partial charge in [-0.15, -0.1) is 0 Å². The molecule has 0 radical (unpaired) electrons. The van der Waals surface area contributed by atoms with Crippen LogP contribution < -0.4 is 5.32 Å². The first-order chi connectivity index (χ1) is 13.1. The maximum atomic E-state index is 12.8. The van der Waals surface area contributed by atoms with E-state index in [0.717, 1.165) is 16.8 Å². The Balaban J connectivity index is 1.43. The quantitative estimate of drug-likeness (QED) is 0.776. The predicted octanol–water partition coefficient (Wildman–Crippen LogP) is 2.19. The summed E-state index contributed by atoms with van der Waals surface area (Å²) in [5.74, 6) is -0.277. The summed E-state index contributed by atoms with van der Waals surface area (Å²) in [4.78, 5) is 26.7. The highest BCUT2D eigenvalue weighted by molar-refractivity contribution is 6.00. The maximum absolute atomic E-state index is 12.8. The highest BCUT2D eigenvalue weighted by Crippen LogP contribution is 2.18. The number of hydrogen-bond acceptors (Lipinski definition) is 3. The molecule has 0 fully saturated rings. The van der Waals surface area contributed by atoms with Crippen LogP contribution >= 0.6 is 0 Å². The zero-order valence-corrected chi connectivity index (χ0v) is 15.0. The fraction of sp³-hybridized carbons (Fsp3) is 0.190. The monoisotopic (exact) mass is 360 g/mol. The minimum atomic E-state index is -0.527. The molecule has 1 aromatic heterocycles. The molecule has 6 heteroatoms. The summed E-state index contributed by atoms with van der Waals surface area (Å²) < 4.78 is 1.79. The summed E-state index contributed by atoms with van der Waals surface area (Å²) in [6.45, 7) is 0.478. The lowest BCUT2D eigenvalue weighted by Crippen LogP contribution is -2.51. The Labute approximate surface area is 157 Å². The average molecular weight is 360 g/mol. The highest BCUT2D eigenvalue weighted by atomic mass is 16.2. The Hall–Kier alpha value is -3.41. The summed E-state index contributed by atoms with van der Waals surface area (Å²) in [6, 6.07) is 16.7. The molecule has 0 bridgehead atoms. The number of amides is 2. The number of aromatic nitrogens is 2. The van der Waals surface area contributed by atoms with Gasteiger partial charge in [0.1, 0.15) is 6.04 Å². The van der Waals surface area contributed by atoms with E-state index in [1.54, 1.807) is 28.9 Å². The number of nitrogens with zero attached hydrogens (tertiary/aromatic N) is 3. The lowest BCUT2D eigenvalue weighted by atomic mass is 9.94. The van der Waals surface area contributed by atoms with Gasteiger partial charge in [0.25, 0.3) is 5.91 Å². The molecule has 3 aromatic rings. The highest BCUT2D eigenvalue weighted by Gasteiger charge is 2.30. The van der Waals surface area contributed by atoms with Gasteiger partial charge in [-0.2, -0.15) is 5.10 Å². The number of benzene rings is 2. The molecule has 2 amide bonds. The molecular formula is C21H20N4O2. The second-order valence-corrected chi connectivity index (χ2v) is 6.70. The van der Waals surface area contributed by atoms with Crippen molar-refractivity contribution in [2.24, 2.45) is 0 Å². The molecule has 0 saturated carbocycles. The van der Waals surface area contributed by atoms with Crippen LogP contribution in [0.5, 0.6) is 0 Å². The van der Waals surface area contributed by atoms with Crippen molar-refractivity contribution in [1.82, 2.24) is 20.0 Å². The van der Waals surface area contributed by atoms with Crippen LogP contribution in [-0.2, 0) is 17.8 Å². The Morgan fingerprint density at radius 1 is 1.19 bits per heavy atom. The number of likely N-dealkylation sites (N-methyl/N-ethyl adjacent to an activating group) is 1. The van der Waals surface area contributed by atoms with Gasteiger partial charge in [0.15, 0.2) is 0 Å². The van der Waals surface area contributed by atoms with Gasteiger partial charge in [0, 0.05) is 38.0 Å². The van der Waals surface area contributed by atoms with Gasteiger partial charge in [-0.3, -0.25) is 9.59 Å². The second kappa shape index (κ2) is 7.07. The van der Waals surface area contributed by atoms with E-state index >= 15 is 0 Å². The molecular weight excluding hydrogens is 340 g/mol. The molecule has 1 N–H and O–H groups in total. The summed E-state index contributed by atoms with van der Waals surface area (Å²) in [6.07, 6.45) is 4.13. The first-order valence-electron chi connectivity index (χ1n) is 8.84. The van der Waals surface area contributed by atoms with Gasteiger partial charge in [-0.1, -0.05) is 30.3 Å². The van der Waals surface area contributed by atoms with Gasteiger partial charge >= 0.3 is 0 Å². The molecule has 1 aliphatic rings. The van der Waals surface area contributed by atoms with Gasteiger partial charge < -0.3 is 10.2 Å². The number of carbonyl (C=O) groups excluding carboxylic acids is 2. The summed E-state index contributed by atoms with van der Waals surface area (Å²) in [5, 5.41) is 7.03. The van der Waals surface area contributed by atoms with E-state index in [-0.39, 0.29) is 11.8 Å². The Morgan fingerprint density at radius 3 is 2.70 bits per heavy atom. The van der Waals surface area contributed by atoms with Crippen LogP contribution in [0, 0.1) is 0 Å². The van der Waals surface area contributed by atoms with E-state index in [4.69, 9.17) is 0 Å². The molecule has 0 unspecified atom stereocenters. The SMILES string of the molecule is CN(Cc1ccc(-n2cccn2)cc1)C(=O)[C@@H]1Cc2ccccc2C(=O)N1. The van der Waals surface area contributed by atoms with Crippen LogP contribution in [0.2, 0.25) is 0 Å². The summed E-state index contributed by atoms with van der Waals surface area (Å²) >= 11 is 0. The molecule has 1 aliphatic heterocycles. The van der Waals surface area contributed by atoms with E-state index < -0.39 is 6.04 Å². The fourth-order valence-corrected chi connectivity index (χ4v) is 3.37. The van der Waals surface area contributed by atoms with E-state index in [0.29, 0.717) is 18.5 Å². The normalized spacial score (nSPS) is 15.7. The van der Waals surface area contributed by atoms with Crippen molar-refractivity contribution in [1.29, 1.82) is 0 Å². The lowest BCUT2D eigenvalue weighted by molar-refractivity contribution is -0.132. The van der Waals surface area contributed by atoms with E-state index in [9.17, 15) is 9.59 Å². The minimum Gasteiger partial charge on any atom is -0.340 e. The third kappa shape index (κ3) is 3.46. The third-order valence-electron chi connectivity index (χ3n) is 4.79. The summed E-state index contributed by atoms with van der Waals surface area (Å²) in [5.41, 5.74) is 3.55. The van der Waals surface area contributed by atoms with Gasteiger partial charge in [-0.05, 0) is 35.4 Å². The van der Waals surface area contributed by atoms with Gasteiger partial charge in [0.05, 0.1) is 5.69 Å². The van der Waals surface area contributed by atoms with Crippen LogP contribution in [0.4, 0.5) is 0 Å². The summed E-state index contributed by atoms with van der Waals surface area (Å²) in [7, 11) is 1.76. The van der Waals surface area contributed by atoms with Crippen LogP contribution in [0.15, 0.2) is 67.0 Å².